The molecule has 116 valence electrons. The van der Waals surface area contributed by atoms with Crippen molar-refractivity contribution in [2.24, 2.45) is 0 Å². The van der Waals surface area contributed by atoms with Gasteiger partial charge in [0.2, 0.25) is 0 Å². The number of rotatable bonds is 6. The van der Waals surface area contributed by atoms with E-state index in [9.17, 15) is 4.79 Å². The van der Waals surface area contributed by atoms with Crippen LogP contribution in [0, 0.1) is 0 Å². The molecule has 4 nitrogen and oxygen atoms in total. The number of Topliss-reactive ketones (excluding diaryl/α,β-unsaturated/α-hetero) is 1. The fourth-order valence-corrected chi connectivity index (χ4v) is 2.76. The number of benzene rings is 1. The van der Waals surface area contributed by atoms with Crippen LogP contribution < -0.4 is 4.74 Å². The minimum Gasteiger partial charge on any atom is -0.491 e. The van der Waals surface area contributed by atoms with E-state index in [4.69, 9.17) is 9.47 Å². The van der Waals surface area contributed by atoms with Gasteiger partial charge in [-0.15, -0.1) is 0 Å². The number of hydrogen-bond acceptors (Lipinski definition) is 4. The van der Waals surface area contributed by atoms with Crippen LogP contribution in [-0.2, 0) is 4.74 Å². The van der Waals surface area contributed by atoms with Crippen molar-refractivity contribution in [1.82, 2.24) is 4.90 Å². The molecule has 0 N–H and O–H groups in total. The Hall–Kier alpha value is -1.39. The first-order chi connectivity index (χ1) is 10.1. The molecule has 1 heterocycles. The molecule has 1 saturated heterocycles. The molecule has 21 heavy (non-hydrogen) atoms. The number of nitrogens with zero attached hydrogens (tertiary/aromatic N) is 1. The van der Waals surface area contributed by atoms with Crippen LogP contribution in [0.5, 0.6) is 5.75 Å². The molecule has 2 atom stereocenters. The molecular formula is C17H25NO3. The Morgan fingerprint density at radius 2 is 1.95 bits per heavy atom. The summed E-state index contributed by atoms with van der Waals surface area (Å²) in [7, 11) is 0. The third-order valence-corrected chi connectivity index (χ3v) is 3.67. The standard InChI is InChI=1S/C17H25NO3/c1-4-16(19)15-7-5-6-8-17(15)20-10-9-18-11-13(2)21-14(3)12-18/h5-8,13-14H,4,9-12H2,1-3H3/t13-,14+. The number of morpholine rings is 1. The number of para-hydroxylation sites is 1. The predicted octanol–water partition coefficient (Wildman–Crippen LogP) is 2.77. The minimum atomic E-state index is 0.124. The Kier molecular flexibility index (Phi) is 5.76. The summed E-state index contributed by atoms with van der Waals surface area (Å²) in [4.78, 5) is 14.2. The largest absolute Gasteiger partial charge is 0.491 e. The monoisotopic (exact) mass is 291 g/mol. The first-order valence-corrected chi connectivity index (χ1v) is 7.73. The maximum atomic E-state index is 11.9. The maximum Gasteiger partial charge on any atom is 0.166 e. The van der Waals surface area contributed by atoms with E-state index < -0.39 is 0 Å². The van der Waals surface area contributed by atoms with E-state index in [1.54, 1.807) is 0 Å². The average molecular weight is 291 g/mol. The van der Waals surface area contributed by atoms with Gasteiger partial charge >= 0.3 is 0 Å². The lowest BCUT2D eigenvalue weighted by molar-refractivity contribution is -0.0699. The van der Waals surface area contributed by atoms with E-state index in [2.05, 4.69) is 18.7 Å². The van der Waals surface area contributed by atoms with Crippen molar-refractivity contribution in [2.45, 2.75) is 39.4 Å². The highest BCUT2D eigenvalue weighted by molar-refractivity contribution is 5.98. The fraction of sp³-hybridized carbons (Fsp3) is 0.588. The zero-order valence-corrected chi connectivity index (χ0v) is 13.2. The molecule has 2 rings (SSSR count). The lowest BCUT2D eigenvalue weighted by Crippen LogP contribution is -2.46. The number of ketones is 1. The molecule has 1 aromatic rings. The van der Waals surface area contributed by atoms with Gasteiger partial charge in [0.15, 0.2) is 5.78 Å². The predicted molar refractivity (Wildman–Crippen MR) is 83.0 cm³/mol. The lowest BCUT2D eigenvalue weighted by atomic mass is 10.1. The van der Waals surface area contributed by atoms with Crippen LogP contribution in [0.1, 0.15) is 37.6 Å². The van der Waals surface area contributed by atoms with Crippen molar-refractivity contribution in [3.05, 3.63) is 29.8 Å². The highest BCUT2D eigenvalue weighted by Crippen LogP contribution is 2.19. The molecule has 0 amide bonds. The SMILES string of the molecule is CCC(=O)c1ccccc1OCCN1C[C@@H](C)O[C@@H](C)C1. The Morgan fingerprint density at radius 3 is 2.62 bits per heavy atom. The third-order valence-electron chi connectivity index (χ3n) is 3.67. The Bertz CT molecular complexity index is 465. The smallest absolute Gasteiger partial charge is 0.166 e. The van der Waals surface area contributed by atoms with Crippen molar-refractivity contribution in [1.29, 1.82) is 0 Å². The Morgan fingerprint density at radius 1 is 1.29 bits per heavy atom. The molecule has 1 fully saturated rings. The molecule has 0 unspecified atom stereocenters. The van der Waals surface area contributed by atoms with Gasteiger partial charge in [-0.25, -0.2) is 0 Å². The zero-order chi connectivity index (χ0) is 15.2. The summed E-state index contributed by atoms with van der Waals surface area (Å²) in [5.41, 5.74) is 0.684. The second-order valence-corrected chi connectivity index (χ2v) is 5.64. The van der Waals surface area contributed by atoms with Crippen molar-refractivity contribution in [3.8, 4) is 5.75 Å². The number of carbonyl (C=O) groups is 1. The van der Waals surface area contributed by atoms with Crippen LogP contribution in [0.2, 0.25) is 0 Å². The summed E-state index contributed by atoms with van der Waals surface area (Å²) >= 11 is 0. The molecule has 0 aromatic heterocycles. The van der Waals surface area contributed by atoms with E-state index in [0.29, 0.717) is 24.3 Å². The second kappa shape index (κ2) is 7.57. The van der Waals surface area contributed by atoms with Crippen molar-refractivity contribution in [2.75, 3.05) is 26.2 Å². The quantitative estimate of drug-likeness (QED) is 0.756. The van der Waals surface area contributed by atoms with Gasteiger partial charge in [-0.2, -0.15) is 0 Å². The van der Waals surface area contributed by atoms with Gasteiger partial charge in [-0.3, -0.25) is 9.69 Å². The van der Waals surface area contributed by atoms with Gasteiger partial charge in [0.05, 0.1) is 17.8 Å². The Balaban J connectivity index is 1.87. The molecule has 0 spiro atoms. The molecule has 0 saturated carbocycles. The van der Waals surface area contributed by atoms with E-state index in [0.717, 1.165) is 19.6 Å². The van der Waals surface area contributed by atoms with Crippen LogP contribution in [0.15, 0.2) is 24.3 Å². The highest BCUT2D eigenvalue weighted by Gasteiger charge is 2.21. The molecule has 4 heteroatoms. The van der Waals surface area contributed by atoms with Gasteiger partial charge in [0.25, 0.3) is 0 Å². The van der Waals surface area contributed by atoms with Gasteiger partial charge in [-0.05, 0) is 26.0 Å². The van der Waals surface area contributed by atoms with Crippen molar-refractivity contribution < 1.29 is 14.3 Å². The number of hydrogen-bond donors (Lipinski definition) is 0. The molecule has 0 radical (unpaired) electrons. The highest BCUT2D eigenvalue weighted by atomic mass is 16.5. The van der Waals surface area contributed by atoms with E-state index in [-0.39, 0.29) is 18.0 Å². The van der Waals surface area contributed by atoms with Gasteiger partial charge in [0.1, 0.15) is 12.4 Å². The molecule has 1 aliphatic heterocycles. The van der Waals surface area contributed by atoms with Crippen LogP contribution in [0.3, 0.4) is 0 Å². The van der Waals surface area contributed by atoms with Gasteiger partial charge in [-0.1, -0.05) is 19.1 Å². The summed E-state index contributed by atoms with van der Waals surface area (Å²) < 4.78 is 11.5. The number of ether oxygens (including phenoxy) is 2. The normalized spacial score (nSPS) is 23.0. The van der Waals surface area contributed by atoms with Crippen molar-refractivity contribution in [3.63, 3.8) is 0 Å². The minimum absolute atomic E-state index is 0.124. The van der Waals surface area contributed by atoms with E-state index >= 15 is 0 Å². The fourth-order valence-electron chi connectivity index (χ4n) is 2.76. The number of carbonyl (C=O) groups excluding carboxylic acids is 1. The van der Waals surface area contributed by atoms with Crippen molar-refractivity contribution >= 4 is 5.78 Å². The molecule has 0 aliphatic carbocycles. The summed E-state index contributed by atoms with van der Waals surface area (Å²) in [6, 6.07) is 7.48. The van der Waals surface area contributed by atoms with Gasteiger partial charge < -0.3 is 9.47 Å². The van der Waals surface area contributed by atoms with Crippen LogP contribution in [0.4, 0.5) is 0 Å². The van der Waals surface area contributed by atoms with E-state index in [1.165, 1.54) is 0 Å². The van der Waals surface area contributed by atoms with Crippen LogP contribution in [-0.4, -0.2) is 49.1 Å². The summed E-state index contributed by atoms with van der Waals surface area (Å²) in [5, 5.41) is 0. The second-order valence-electron chi connectivity index (χ2n) is 5.64. The molecule has 1 aromatic carbocycles. The molecular weight excluding hydrogens is 266 g/mol. The maximum absolute atomic E-state index is 11.9. The van der Waals surface area contributed by atoms with Gasteiger partial charge in [0, 0.05) is 26.1 Å². The zero-order valence-electron chi connectivity index (χ0n) is 13.2. The topological polar surface area (TPSA) is 38.8 Å². The summed E-state index contributed by atoms with van der Waals surface area (Å²) in [6.07, 6.45) is 1.03. The first-order valence-electron chi connectivity index (χ1n) is 7.73. The lowest BCUT2D eigenvalue weighted by Gasteiger charge is -2.35. The summed E-state index contributed by atoms with van der Waals surface area (Å²) in [5.74, 6) is 0.818. The summed E-state index contributed by atoms with van der Waals surface area (Å²) in [6.45, 7) is 9.37. The average Bonchev–Trinajstić information content (AvgIpc) is 2.46. The first kappa shape index (κ1) is 16.0. The van der Waals surface area contributed by atoms with E-state index in [1.807, 2.05) is 31.2 Å². The van der Waals surface area contributed by atoms with Crippen LogP contribution >= 0.6 is 0 Å². The molecule has 1 aliphatic rings. The Labute approximate surface area is 127 Å². The molecule has 0 bridgehead atoms. The van der Waals surface area contributed by atoms with Crippen LogP contribution in [0.25, 0.3) is 0 Å². The third kappa shape index (κ3) is 4.55.